The average Bonchev–Trinajstić information content (AvgIpc) is 3.27. The Kier molecular flexibility index (Phi) is 14.9. The Bertz CT molecular complexity index is 2440. The van der Waals surface area contributed by atoms with E-state index in [0.717, 1.165) is 40.7 Å². The van der Waals surface area contributed by atoms with E-state index < -0.39 is 23.2 Å². The van der Waals surface area contributed by atoms with Gasteiger partial charge in [0, 0.05) is 54.6 Å². The van der Waals surface area contributed by atoms with Gasteiger partial charge in [-0.1, -0.05) is 83.7 Å². The number of β-amino-alcohol motifs (C(OH)–C–C–N with tert-alkyl or cyclic N) is 1. The number of nitrogens with zero attached hydrogens (tertiary/aromatic N) is 4. The number of ether oxygens (including phenoxy) is 3. The van der Waals surface area contributed by atoms with Crippen molar-refractivity contribution in [3.63, 3.8) is 0 Å². The fourth-order valence-electron chi connectivity index (χ4n) is 8.54. The van der Waals surface area contributed by atoms with Crippen LogP contribution in [0.2, 0.25) is 15.1 Å². The lowest BCUT2D eigenvalue weighted by atomic mass is 9.73. The standard InChI is InChI=1S/C49H51Cl3N4O7/c1-32-34(29-62-45-25-44(63-30-38-18-13-33(26-53)27-54-38)35(24-41(45)51)28-56-21-4-3-11-42(56)47(57)58)8-5-9-39(32)40-10-6-12-43(46(40)52)61-23-7-20-55-22-19-49(60,48(2,59)31-55)36-14-16-37(50)17-15-36/h5-6,8-10,12-18,24-25,27,42,59-60H,3-4,7,11,19-23,28-31H2,1-2H3,(H,57,58)/t42-,48+,49+/m0/s1. The number of likely N-dealkylation sites (tertiary alicyclic amines) is 2. The van der Waals surface area contributed by atoms with Gasteiger partial charge in [-0.15, -0.1) is 0 Å². The van der Waals surface area contributed by atoms with Crippen molar-refractivity contribution in [2.45, 2.75) is 83.0 Å². The van der Waals surface area contributed by atoms with Gasteiger partial charge in [0.1, 0.15) is 53.8 Å². The second-order valence-electron chi connectivity index (χ2n) is 16.5. The SMILES string of the molecule is Cc1c(COc2cc(OCc3ccc(C#N)cn3)c(CN3CCCC[C@H]3C(=O)O)cc2Cl)cccc1-c1cccc(OCCCN2CC[C@@](O)(c3ccc(Cl)cc3)[C@](C)(O)C2)c1Cl. The third kappa shape index (κ3) is 10.7. The molecule has 0 spiro atoms. The number of aromatic nitrogens is 1. The first-order valence-corrected chi connectivity index (χ1v) is 22.2. The van der Waals surface area contributed by atoms with Crippen molar-refractivity contribution in [1.82, 2.24) is 14.8 Å². The molecule has 3 atom stereocenters. The lowest BCUT2D eigenvalue weighted by molar-refractivity contribution is -0.186. The predicted molar refractivity (Wildman–Crippen MR) is 244 cm³/mol. The van der Waals surface area contributed by atoms with Gasteiger partial charge in [-0.3, -0.25) is 14.7 Å². The molecule has 5 aromatic rings. The molecule has 0 aliphatic carbocycles. The number of aliphatic carboxylic acids is 1. The first kappa shape index (κ1) is 46.1. The Morgan fingerprint density at radius 1 is 0.889 bits per heavy atom. The van der Waals surface area contributed by atoms with Gasteiger partial charge < -0.3 is 34.4 Å². The number of hydrogen-bond donors (Lipinski definition) is 3. The third-order valence-corrected chi connectivity index (χ3v) is 13.1. The summed E-state index contributed by atoms with van der Waals surface area (Å²) in [5.74, 6) is 0.609. The second kappa shape index (κ2) is 20.3. The van der Waals surface area contributed by atoms with Crippen LogP contribution in [-0.2, 0) is 30.2 Å². The molecule has 0 unspecified atom stereocenters. The Balaban J connectivity index is 1.01. The highest BCUT2D eigenvalue weighted by Crippen LogP contribution is 2.42. The molecule has 330 valence electrons. The molecule has 11 nitrogen and oxygen atoms in total. The summed E-state index contributed by atoms with van der Waals surface area (Å²) < 4.78 is 18.9. The van der Waals surface area contributed by atoms with Gasteiger partial charge in [-0.2, -0.15) is 5.26 Å². The maximum absolute atomic E-state index is 12.1. The van der Waals surface area contributed by atoms with Crippen molar-refractivity contribution in [3.8, 4) is 34.4 Å². The molecule has 0 amide bonds. The van der Waals surface area contributed by atoms with Crippen LogP contribution in [-0.4, -0.2) is 80.5 Å². The number of carboxylic acid groups (broad SMARTS) is 1. The fraction of sp³-hybridized carbons (Fsp3) is 0.367. The van der Waals surface area contributed by atoms with E-state index in [2.05, 4.69) is 16.0 Å². The summed E-state index contributed by atoms with van der Waals surface area (Å²) in [6.45, 7) is 6.96. The summed E-state index contributed by atoms with van der Waals surface area (Å²) in [5.41, 5.74) is 3.31. The minimum atomic E-state index is -1.38. The second-order valence-corrected chi connectivity index (χ2v) is 17.7. The van der Waals surface area contributed by atoms with Crippen molar-refractivity contribution in [2.75, 3.05) is 32.8 Å². The number of benzene rings is 4. The minimum Gasteiger partial charge on any atom is -0.492 e. The number of aliphatic hydroxyl groups is 2. The Labute approximate surface area is 383 Å². The van der Waals surface area contributed by atoms with Crippen molar-refractivity contribution >= 4 is 40.8 Å². The zero-order valence-electron chi connectivity index (χ0n) is 35.3. The van der Waals surface area contributed by atoms with Crippen LogP contribution in [0.15, 0.2) is 91.1 Å². The number of pyridine rings is 1. The molecular formula is C49H51Cl3N4O7. The molecule has 0 bridgehead atoms. The first-order valence-electron chi connectivity index (χ1n) is 21.1. The number of hydrogen-bond acceptors (Lipinski definition) is 10. The number of piperidine rings is 2. The Hall–Kier alpha value is -4.90. The van der Waals surface area contributed by atoms with Crippen LogP contribution in [0.3, 0.4) is 0 Å². The summed E-state index contributed by atoms with van der Waals surface area (Å²) >= 11 is 20.0. The summed E-state index contributed by atoms with van der Waals surface area (Å²) in [7, 11) is 0. The fourth-order valence-corrected chi connectivity index (χ4v) is 9.19. The van der Waals surface area contributed by atoms with Gasteiger partial charge >= 0.3 is 5.97 Å². The van der Waals surface area contributed by atoms with E-state index >= 15 is 0 Å². The van der Waals surface area contributed by atoms with Crippen LogP contribution in [0.25, 0.3) is 11.1 Å². The monoisotopic (exact) mass is 912 g/mol. The van der Waals surface area contributed by atoms with Crippen LogP contribution >= 0.6 is 34.8 Å². The van der Waals surface area contributed by atoms with E-state index in [0.29, 0.717) is 108 Å². The lowest BCUT2D eigenvalue weighted by Crippen LogP contribution is -2.61. The molecule has 4 aromatic carbocycles. The first-order chi connectivity index (χ1) is 30.3. The number of carbonyl (C=O) groups is 1. The number of nitriles is 1. The van der Waals surface area contributed by atoms with Gasteiger partial charge in [0.05, 0.1) is 27.9 Å². The lowest BCUT2D eigenvalue weighted by Gasteiger charge is -2.49. The Morgan fingerprint density at radius 3 is 2.38 bits per heavy atom. The molecule has 7 rings (SSSR count). The zero-order chi connectivity index (χ0) is 44.7. The zero-order valence-corrected chi connectivity index (χ0v) is 37.6. The van der Waals surface area contributed by atoms with Crippen LogP contribution in [0, 0.1) is 18.3 Å². The molecule has 0 radical (unpaired) electrons. The largest absolute Gasteiger partial charge is 0.492 e. The van der Waals surface area contributed by atoms with E-state index in [9.17, 15) is 25.4 Å². The van der Waals surface area contributed by atoms with Gasteiger partial charge in [0.25, 0.3) is 0 Å². The van der Waals surface area contributed by atoms with E-state index in [1.54, 1.807) is 55.5 Å². The van der Waals surface area contributed by atoms with E-state index in [1.165, 1.54) is 6.20 Å². The van der Waals surface area contributed by atoms with Gasteiger partial charge in [0.2, 0.25) is 0 Å². The highest BCUT2D eigenvalue weighted by Gasteiger charge is 2.50. The molecular weight excluding hydrogens is 863 g/mol. The van der Waals surface area contributed by atoms with E-state index in [4.69, 9.17) is 49.0 Å². The maximum atomic E-state index is 12.1. The summed E-state index contributed by atoms with van der Waals surface area (Å²) in [6, 6.07) is 27.1. The molecule has 2 aliphatic rings. The number of carboxylic acids is 1. The average molecular weight is 914 g/mol. The maximum Gasteiger partial charge on any atom is 0.320 e. The molecule has 2 fully saturated rings. The van der Waals surface area contributed by atoms with Gasteiger partial charge in [-0.05, 0) is 105 Å². The molecule has 63 heavy (non-hydrogen) atoms. The molecule has 1 aromatic heterocycles. The highest BCUT2D eigenvalue weighted by atomic mass is 35.5. The van der Waals surface area contributed by atoms with Crippen molar-refractivity contribution in [1.29, 1.82) is 5.26 Å². The van der Waals surface area contributed by atoms with Crippen LogP contribution in [0.5, 0.6) is 17.2 Å². The van der Waals surface area contributed by atoms with Crippen molar-refractivity contribution in [2.24, 2.45) is 0 Å². The van der Waals surface area contributed by atoms with Crippen molar-refractivity contribution in [3.05, 3.63) is 140 Å². The van der Waals surface area contributed by atoms with E-state index in [1.807, 2.05) is 48.2 Å². The van der Waals surface area contributed by atoms with Crippen molar-refractivity contribution < 1.29 is 34.3 Å². The number of halogens is 3. The van der Waals surface area contributed by atoms with E-state index in [-0.39, 0.29) is 13.2 Å². The third-order valence-electron chi connectivity index (χ3n) is 12.2. The summed E-state index contributed by atoms with van der Waals surface area (Å²) in [5, 5.41) is 43.5. The molecule has 3 heterocycles. The molecule has 0 saturated carbocycles. The predicted octanol–water partition coefficient (Wildman–Crippen LogP) is 9.60. The van der Waals surface area contributed by atoms with Crippen LogP contribution in [0.4, 0.5) is 0 Å². The number of rotatable bonds is 16. The molecule has 14 heteroatoms. The van der Waals surface area contributed by atoms with Crippen LogP contribution in [0.1, 0.15) is 72.5 Å². The van der Waals surface area contributed by atoms with Gasteiger partial charge in [-0.25, -0.2) is 0 Å². The summed E-state index contributed by atoms with van der Waals surface area (Å²) in [6.07, 6.45) is 4.88. The Morgan fingerprint density at radius 2 is 1.65 bits per heavy atom. The quantitative estimate of drug-likeness (QED) is 0.0813. The van der Waals surface area contributed by atoms with Crippen LogP contribution < -0.4 is 14.2 Å². The summed E-state index contributed by atoms with van der Waals surface area (Å²) in [4.78, 5) is 20.5. The minimum absolute atomic E-state index is 0.117. The molecule has 3 N–H and O–H groups in total. The molecule has 2 saturated heterocycles. The topological polar surface area (TPSA) is 149 Å². The highest BCUT2D eigenvalue weighted by molar-refractivity contribution is 6.35. The van der Waals surface area contributed by atoms with Gasteiger partial charge in [0.15, 0.2) is 0 Å². The smallest absolute Gasteiger partial charge is 0.320 e. The molecule has 2 aliphatic heterocycles. The normalized spacial score (nSPS) is 20.5.